The van der Waals surface area contributed by atoms with Gasteiger partial charge in [-0.05, 0) is 18.2 Å². The second-order valence-corrected chi connectivity index (χ2v) is 5.46. The van der Waals surface area contributed by atoms with Crippen molar-refractivity contribution >= 4 is 11.3 Å². The number of hydrogen-bond acceptors (Lipinski definition) is 5. The van der Waals surface area contributed by atoms with E-state index >= 15 is 0 Å². The summed E-state index contributed by atoms with van der Waals surface area (Å²) in [6, 6.07) is 10.7. The summed E-state index contributed by atoms with van der Waals surface area (Å²) in [7, 11) is 3.31. The molecule has 0 atom stereocenters. The Balaban J connectivity index is 1.98. The standard InChI is InChI=1S/C16H14N2O3S/c1-18-9-11(7-8-14(18)19)15-16(17-10-22-15)21-13-6-4-3-5-12(13)20-2/h3-10H,1-2H3. The minimum Gasteiger partial charge on any atom is -0.493 e. The molecule has 3 rings (SSSR count). The summed E-state index contributed by atoms with van der Waals surface area (Å²) in [6.07, 6.45) is 1.77. The number of ether oxygens (including phenoxy) is 2. The molecule has 5 nitrogen and oxygen atoms in total. The molecule has 0 amide bonds. The van der Waals surface area contributed by atoms with Crippen molar-refractivity contribution in [2.75, 3.05) is 7.11 Å². The first-order valence-corrected chi connectivity index (χ1v) is 7.48. The molecular formula is C16H14N2O3S. The van der Waals surface area contributed by atoms with Gasteiger partial charge in [-0.25, -0.2) is 4.98 Å². The lowest BCUT2D eigenvalue weighted by molar-refractivity contribution is 0.375. The van der Waals surface area contributed by atoms with Crippen LogP contribution in [0.1, 0.15) is 0 Å². The van der Waals surface area contributed by atoms with Gasteiger partial charge in [0.05, 0.1) is 17.5 Å². The summed E-state index contributed by atoms with van der Waals surface area (Å²) in [5.74, 6) is 1.73. The largest absolute Gasteiger partial charge is 0.493 e. The Bertz CT molecular complexity index is 854. The van der Waals surface area contributed by atoms with E-state index in [0.717, 1.165) is 10.4 Å². The van der Waals surface area contributed by atoms with Gasteiger partial charge in [0, 0.05) is 24.9 Å². The predicted octanol–water partition coefficient (Wildman–Crippen LogP) is 3.31. The average Bonchev–Trinajstić information content (AvgIpc) is 2.99. The quantitative estimate of drug-likeness (QED) is 0.741. The van der Waals surface area contributed by atoms with E-state index in [1.54, 1.807) is 31.9 Å². The van der Waals surface area contributed by atoms with Crippen molar-refractivity contribution in [3.05, 3.63) is 58.5 Å². The maximum Gasteiger partial charge on any atom is 0.250 e. The van der Waals surface area contributed by atoms with Gasteiger partial charge < -0.3 is 14.0 Å². The summed E-state index contributed by atoms with van der Waals surface area (Å²) in [4.78, 5) is 16.6. The van der Waals surface area contributed by atoms with E-state index in [-0.39, 0.29) is 5.56 Å². The third-order valence-electron chi connectivity index (χ3n) is 3.16. The van der Waals surface area contributed by atoms with Crippen molar-refractivity contribution in [2.45, 2.75) is 0 Å². The van der Waals surface area contributed by atoms with Crippen LogP contribution in [-0.4, -0.2) is 16.7 Å². The maximum absolute atomic E-state index is 11.5. The van der Waals surface area contributed by atoms with Crippen LogP contribution in [0.4, 0.5) is 0 Å². The van der Waals surface area contributed by atoms with Gasteiger partial charge in [-0.1, -0.05) is 12.1 Å². The molecular weight excluding hydrogens is 300 g/mol. The molecule has 0 fully saturated rings. The zero-order valence-electron chi connectivity index (χ0n) is 12.1. The SMILES string of the molecule is COc1ccccc1Oc1ncsc1-c1ccc(=O)n(C)c1. The maximum atomic E-state index is 11.5. The summed E-state index contributed by atoms with van der Waals surface area (Å²) in [5, 5.41) is 0. The summed E-state index contributed by atoms with van der Waals surface area (Å²) in [6.45, 7) is 0. The number of benzene rings is 1. The van der Waals surface area contributed by atoms with E-state index in [1.165, 1.54) is 22.0 Å². The molecule has 0 bridgehead atoms. The number of thiazole rings is 1. The molecule has 0 aliphatic carbocycles. The molecule has 0 spiro atoms. The van der Waals surface area contributed by atoms with Crippen LogP contribution in [0.5, 0.6) is 17.4 Å². The Hall–Kier alpha value is -2.60. The average molecular weight is 314 g/mol. The smallest absolute Gasteiger partial charge is 0.250 e. The van der Waals surface area contributed by atoms with Crippen LogP contribution in [0.15, 0.2) is 52.9 Å². The van der Waals surface area contributed by atoms with Crippen molar-refractivity contribution in [1.82, 2.24) is 9.55 Å². The van der Waals surface area contributed by atoms with Gasteiger partial charge >= 0.3 is 0 Å². The highest BCUT2D eigenvalue weighted by Crippen LogP contribution is 2.38. The fraction of sp³-hybridized carbons (Fsp3) is 0.125. The van der Waals surface area contributed by atoms with Gasteiger partial charge in [0.2, 0.25) is 11.4 Å². The monoisotopic (exact) mass is 314 g/mol. The fourth-order valence-electron chi connectivity index (χ4n) is 2.04. The molecule has 6 heteroatoms. The molecule has 0 saturated carbocycles. The number of rotatable bonds is 4. The third-order valence-corrected chi connectivity index (χ3v) is 4.02. The van der Waals surface area contributed by atoms with E-state index < -0.39 is 0 Å². The molecule has 0 aliphatic heterocycles. The Morgan fingerprint density at radius 3 is 2.64 bits per heavy atom. The lowest BCUT2D eigenvalue weighted by Crippen LogP contribution is -2.13. The topological polar surface area (TPSA) is 53.4 Å². The Morgan fingerprint density at radius 1 is 1.14 bits per heavy atom. The van der Waals surface area contributed by atoms with Crippen LogP contribution in [0.2, 0.25) is 0 Å². The van der Waals surface area contributed by atoms with Crippen LogP contribution in [0, 0.1) is 0 Å². The van der Waals surface area contributed by atoms with E-state index in [0.29, 0.717) is 17.4 Å². The second kappa shape index (κ2) is 6.03. The van der Waals surface area contributed by atoms with Crippen LogP contribution in [0.25, 0.3) is 10.4 Å². The molecule has 0 unspecified atom stereocenters. The third kappa shape index (κ3) is 2.73. The highest BCUT2D eigenvalue weighted by Gasteiger charge is 2.14. The summed E-state index contributed by atoms with van der Waals surface area (Å²) in [5.41, 5.74) is 2.54. The van der Waals surface area contributed by atoms with Gasteiger partial charge in [-0.2, -0.15) is 0 Å². The fourth-order valence-corrected chi connectivity index (χ4v) is 2.74. The molecule has 22 heavy (non-hydrogen) atoms. The summed E-state index contributed by atoms with van der Waals surface area (Å²) >= 11 is 1.46. The number of aromatic nitrogens is 2. The molecule has 2 heterocycles. The first-order valence-electron chi connectivity index (χ1n) is 6.60. The highest BCUT2D eigenvalue weighted by molar-refractivity contribution is 7.13. The second-order valence-electron chi connectivity index (χ2n) is 4.61. The molecule has 0 aliphatic rings. The first kappa shape index (κ1) is 14.3. The number of methoxy groups -OCH3 is 1. The van der Waals surface area contributed by atoms with Gasteiger partial charge in [0.1, 0.15) is 0 Å². The number of nitrogens with zero attached hydrogens (tertiary/aromatic N) is 2. The van der Waals surface area contributed by atoms with Crippen molar-refractivity contribution in [1.29, 1.82) is 0 Å². The lowest BCUT2D eigenvalue weighted by Gasteiger charge is -2.09. The minimum atomic E-state index is -0.0551. The predicted molar refractivity (Wildman–Crippen MR) is 85.9 cm³/mol. The number of aryl methyl sites for hydroxylation is 1. The molecule has 0 saturated heterocycles. The Morgan fingerprint density at radius 2 is 1.91 bits per heavy atom. The van der Waals surface area contributed by atoms with Crippen LogP contribution >= 0.6 is 11.3 Å². The number of hydrogen-bond donors (Lipinski definition) is 0. The lowest BCUT2D eigenvalue weighted by atomic mass is 10.2. The first-order chi connectivity index (χ1) is 10.7. The molecule has 2 aromatic heterocycles. The Labute approximate surface area is 131 Å². The molecule has 1 aromatic carbocycles. The van der Waals surface area contributed by atoms with Crippen molar-refractivity contribution in [3.8, 4) is 27.8 Å². The van der Waals surface area contributed by atoms with E-state index in [1.807, 2.05) is 24.3 Å². The number of para-hydroxylation sites is 2. The van der Waals surface area contributed by atoms with Crippen LogP contribution < -0.4 is 15.0 Å². The van der Waals surface area contributed by atoms with E-state index in [2.05, 4.69) is 4.98 Å². The molecule has 0 radical (unpaired) electrons. The summed E-state index contributed by atoms with van der Waals surface area (Å²) < 4.78 is 12.7. The van der Waals surface area contributed by atoms with Gasteiger partial charge in [0.15, 0.2) is 11.5 Å². The van der Waals surface area contributed by atoms with Crippen molar-refractivity contribution in [3.63, 3.8) is 0 Å². The van der Waals surface area contributed by atoms with Gasteiger partial charge in [0.25, 0.3) is 0 Å². The molecule has 0 N–H and O–H groups in total. The van der Waals surface area contributed by atoms with Gasteiger partial charge in [-0.3, -0.25) is 4.79 Å². The zero-order valence-corrected chi connectivity index (χ0v) is 13.0. The zero-order chi connectivity index (χ0) is 15.5. The molecule has 3 aromatic rings. The minimum absolute atomic E-state index is 0.0551. The van der Waals surface area contributed by atoms with Crippen LogP contribution in [-0.2, 0) is 7.05 Å². The normalized spacial score (nSPS) is 10.5. The Kier molecular flexibility index (Phi) is 3.93. The van der Waals surface area contributed by atoms with Crippen LogP contribution in [0.3, 0.4) is 0 Å². The van der Waals surface area contributed by atoms with E-state index in [9.17, 15) is 4.79 Å². The van der Waals surface area contributed by atoms with Gasteiger partial charge in [-0.15, -0.1) is 11.3 Å². The van der Waals surface area contributed by atoms with Crippen molar-refractivity contribution in [2.24, 2.45) is 7.05 Å². The van der Waals surface area contributed by atoms with Crippen molar-refractivity contribution < 1.29 is 9.47 Å². The highest BCUT2D eigenvalue weighted by atomic mass is 32.1. The number of pyridine rings is 1. The van der Waals surface area contributed by atoms with E-state index in [4.69, 9.17) is 9.47 Å². The molecule has 112 valence electrons.